The molecule has 0 aliphatic heterocycles. The molecule has 42 heavy (non-hydrogen) atoms. The Morgan fingerprint density at radius 1 is 0.643 bits per heavy atom. The number of phenols is 4. The molecule has 0 aliphatic carbocycles. The highest BCUT2D eigenvalue weighted by atomic mass is 16.3. The van der Waals surface area contributed by atoms with Gasteiger partial charge in [0.25, 0.3) is 11.8 Å². The minimum atomic E-state index is -0.589. The highest BCUT2D eigenvalue weighted by Crippen LogP contribution is 2.26. The second kappa shape index (κ2) is 14.8. The van der Waals surface area contributed by atoms with E-state index in [4.69, 9.17) is 0 Å². The van der Waals surface area contributed by atoms with Crippen molar-refractivity contribution in [3.8, 4) is 35.1 Å². The zero-order chi connectivity index (χ0) is 30.5. The van der Waals surface area contributed by atoms with E-state index in [1.54, 1.807) is 48.6 Å². The smallest absolute Gasteiger partial charge is 0.262 e. The Hall–Kier alpha value is -6.26. The minimum absolute atomic E-state index is 0.121. The van der Waals surface area contributed by atoms with Crippen LogP contribution in [0.25, 0.3) is 12.2 Å². The number of nitrogens with one attached hydrogen (secondary N) is 2. The molecule has 0 spiro atoms. The van der Waals surface area contributed by atoms with Crippen molar-refractivity contribution in [3.05, 3.63) is 118 Å². The standard InChI is InChI=1S/C32H26N4O6/c33-17-25(8-2-4-21-10-12-27(37)29(39)15-21)31(41)35-19-23-6-1-7-24(14-23)20-36-32(42)26(18-34)9-3-5-22-11-13-28(38)30(40)16-22/h1-16,37-40H,19-20H2,(H,35,41)(H,36,42)/b4-2+,5-3+,25-8+,26-9+. The second-order valence-electron chi connectivity index (χ2n) is 8.78. The van der Waals surface area contributed by atoms with Gasteiger partial charge in [-0.3, -0.25) is 9.59 Å². The van der Waals surface area contributed by atoms with Crippen molar-refractivity contribution in [2.45, 2.75) is 13.1 Å². The molecule has 0 aliphatic rings. The van der Waals surface area contributed by atoms with E-state index in [2.05, 4.69) is 10.6 Å². The number of phenolic OH excluding ortho intramolecular Hbond substituents is 4. The van der Waals surface area contributed by atoms with Crippen LogP contribution in [0.1, 0.15) is 22.3 Å². The van der Waals surface area contributed by atoms with Crippen LogP contribution in [-0.2, 0) is 22.7 Å². The molecule has 3 aromatic carbocycles. The molecule has 6 N–H and O–H groups in total. The number of rotatable bonds is 10. The van der Waals surface area contributed by atoms with Gasteiger partial charge >= 0.3 is 0 Å². The maximum Gasteiger partial charge on any atom is 0.262 e. The van der Waals surface area contributed by atoms with Gasteiger partial charge in [-0.1, -0.05) is 60.7 Å². The zero-order valence-corrected chi connectivity index (χ0v) is 22.2. The molecule has 0 radical (unpaired) electrons. The minimum Gasteiger partial charge on any atom is -0.504 e. The molecule has 0 heterocycles. The number of nitriles is 2. The molecular weight excluding hydrogens is 536 g/mol. The summed E-state index contributed by atoms with van der Waals surface area (Å²) in [5, 5.41) is 61.9. The van der Waals surface area contributed by atoms with Crippen LogP contribution in [0.3, 0.4) is 0 Å². The van der Waals surface area contributed by atoms with Gasteiger partial charge < -0.3 is 31.1 Å². The summed E-state index contributed by atoms with van der Waals surface area (Å²) in [6.07, 6.45) is 8.74. The van der Waals surface area contributed by atoms with Crippen molar-refractivity contribution in [1.29, 1.82) is 10.5 Å². The second-order valence-corrected chi connectivity index (χ2v) is 8.78. The first-order valence-corrected chi connectivity index (χ1v) is 12.4. The van der Waals surface area contributed by atoms with E-state index in [0.29, 0.717) is 11.1 Å². The number of hydrogen-bond donors (Lipinski definition) is 6. The van der Waals surface area contributed by atoms with E-state index in [0.717, 1.165) is 11.1 Å². The largest absolute Gasteiger partial charge is 0.504 e. The van der Waals surface area contributed by atoms with Crippen LogP contribution in [0.2, 0.25) is 0 Å². The summed E-state index contributed by atoms with van der Waals surface area (Å²) >= 11 is 0. The number of nitrogens with zero attached hydrogens (tertiary/aromatic N) is 2. The number of carbonyl (C=O) groups is 2. The SMILES string of the molecule is N#C/C(=C\C=C\c1ccc(O)c(O)c1)C(=O)NCc1cccc(CNC(=O)/C(C#N)=C/C=C/c2ccc(O)c(O)c2)c1. The number of aromatic hydroxyl groups is 4. The number of amides is 2. The maximum atomic E-state index is 12.5. The van der Waals surface area contributed by atoms with E-state index in [-0.39, 0.29) is 47.2 Å². The van der Waals surface area contributed by atoms with Crippen molar-refractivity contribution >= 4 is 24.0 Å². The van der Waals surface area contributed by atoms with Gasteiger partial charge in [-0.05, 0) is 58.7 Å². The third-order valence-corrected chi connectivity index (χ3v) is 5.73. The number of carbonyl (C=O) groups excluding carboxylic acids is 2. The van der Waals surface area contributed by atoms with Gasteiger partial charge in [0.2, 0.25) is 0 Å². The van der Waals surface area contributed by atoms with E-state index >= 15 is 0 Å². The van der Waals surface area contributed by atoms with Crippen LogP contribution in [0.5, 0.6) is 23.0 Å². The molecule has 210 valence electrons. The molecule has 0 saturated heterocycles. The Balaban J connectivity index is 1.55. The lowest BCUT2D eigenvalue weighted by molar-refractivity contribution is -0.118. The average Bonchev–Trinajstić information content (AvgIpc) is 2.99. The van der Waals surface area contributed by atoms with E-state index in [1.165, 1.54) is 48.6 Å². The Kier molecular flexibility index (Phi) is 10.7. The van der Waals surface area contributed by atoms with Gasteiger partial charge in [0.05, 0.1) is 0 Å². The summed E-state index contributed by atoms with van der Waals surface area (Å²) in [6, 6.07) is 19.2. The number of hydrogen-bond acceptors (Lipinski definition) is 8. The Bertz CT molecular complexity index is 1570. The van der Waals surface area contributed by atoms with Crippen molar-refractivity contribution in [3.63, 3.8) is 0 Å². The van der Waals surface area contributed by atoms with E-state index in [1.807, 2.05) is 12.1 Å². The number of benzene rings is 3. The predicted molar refractivity (Wildman–Crippen MR) is 155 cm³/mol. The summed E-state index contributed by atoms with van der Waals surface area (Å²) in [5.74, 6) is -2.26. The fourth-order valence-corrected chi connectivity index (χ4v) is 3.53. The van der Waals surface area contributed by atoms with E-state index < -0.39 is 11.8 Å². The molecule has 0 saturated carbocycles. The van der Waals surface area contributed by atoms with E-state index in [9.17, 15) is 40.5 Å². The predicted octanol–water partition coefficient (Wildman–Crippen LogP) is 4.07. The summed E-state index contributed by atoms with van der Waals surface area (Å²) in [5.41, 5.74) is 2.30. The highest BCUT2D eigenvalue weighted by molar-refractivity contribution is 5.98. The van der Waals surface area contributed by atoms with Crippen LogP contribution in [-0.4, -0.2) is 32.2 Å². The molecule has 2 amide bonds. The third kappa shape index (κ3) is 8.90. The lowest BCUT2D eigenvalue weighted by Gasteiger charge is -2.08. The molecule has 0 fully saturated rings. The van der Waals surface area contributed by atoms with Gasteiger partial charge in [0, 0.05) is 13.1 Å². The van der Waals surface area contributed by atoms with Crippen LogP contribution < -0.4 is 10.6 Å². The maximum absolute atomic E-state index is 12.5. The molecule has 10 heteroatoms. The first-order chi connectivity index (χ1) is 20.2. The molecule has 0 unspecified atom stereocenters. The monoisotopic (exact) mass is 562 g/mol. The van der Waals surface area contributed by atoms with Gasteiger partial charge in [0.15, 0.2) is 23.0 Å². The molecule has 0 aromatic heterocycles. The van der Waals surface area contributed by atoms with Gasteiger partial charge in [0.1, 0.15) is 23.3 Å². The molecule has 0 bridgehead atoms. The van der Waals surface area contributed by atoms with Crippen molar-refractivity contribution in [2.24, 2.45) is 0 Å². The Labute approximate surface area is 241 Å². The zero-order valence-electron chi connectivity index (χ0n) is 22.2. The topological polar surface area (TPSA) is 187 Å². The average molecular weight is 563 g/mol. The Morgan fingerprint density at radius 3 is 1.45 bits per heavy atom. The van der Waals surface area contributed by atoms with Gasteiger partial charge in [-0.15, -0.1) is 0 Å². The van der Waals surface area contributed by atoms with Crippen molar-refractivity contribution in [2.75, 3.05) is 0 Å². The van der Waals surface area contributed by atoms with Crippen LogP contribution in [0.4, 0.5) is 0 Å². The fourth-order valence-electron chi connectivity index (χ4n) is 3.53. The third-order valence-electron chi connectivity index (χ3n) is 5.73. The van der Waals surface area contributed by atoms with Crippen LogP contribution in [0.15, 0.2) is 96.1 Å². The Morgan fingerprint density at radius 2 is 1.07 bits per heavy atom. The van der Waals surface area contributed by atoms with Gasteiger partial charge in [-0.25, -0.2) is 0 Å². The summed E-state index contributed by atoms with van der Waals surface area (Å²) < 4.78 is 0. The van der Waals surface area contributed by atoms with Gasteiger partial charge in [-0.2, -0.15) is 10.5 Å². The summed E-state index contributed by atoms with van der Waals surface area (Å²) in [6.45, 7) is 0.242. The fraction of sp³-hybridized carbons (Fsp3) is 0.0625. The van der Waals surface area contributed by atoms with Crippen LogP contribution in [0, 0.1) is 22.7 Å². The first-order valence-electron chi connectivity index (χ1n) is 12.4. The molecule has 0 atom stereocenters. The molecule has 3 rings (SSSR count). The van der Waals surface area contributed by atoms with Crippen molar-refractivity contribution < 1.29 is 30.0 Å². The molecule has 10 nitrogen and oxygen atoms in total. The van der Waals surface area contributed by atoms with Crippen molar-refractivity contribution in [1.82, 2.24) is 10.6 Å². The quantitative estimate of drug-likeness (QED) is 0.0923. The lowest BCUT2D eigenvalue weighted by Crippen LogP contribution is -2.25. The normalized spacial score (nSPS) is 11.7. The summed E-state index contributed by atoms with van der Waals surface area (Å²) in [7, 11) is 0. The molecule has 3 aromatic rings. The number of allylic oxidation sites excluding steroid dienone is 4. The summed E-state index contributed by atoms with van der Waals surface area (Å²) in [4.78, 5) is 24.9. The van der Waals surface area contributed by atoms with Crippen LogP contribution >= 0.6 is 0 Å². The highest BCUT2D eigenvalue weighted by Gasteiger charge is 2.10. The molecular formula is C32H26N4O6. The first kappa shape index (κ1) is 30.3. The lowest BCUT2D eigenvalue weighted by atomic mass is 10.1.